The molecule has 0 bridgehead atoms. The molecule has 13 heteroatoms. The standard InChI is InChI=1S/C15H18I3N3O7/c1-19-14(27)7-9(16)8(15(28)20-2-5(24)3-22)11(18)12(10(7)17)21-13(26)6(25)4-23/h5-6,22-25H,2-4H2,1H3,(H,19,27)(H,20,28)(H,21,26). The lowest BCUT2D eigenvalue weighted by molar-refractivity contribution is -0.125. The quantitative estimate of drug-likeness (QED) is 0.173. The zero-order valence-corrected chi connectivity index (χ0v) is 20.9. The summed E-state index contributed by atoms with van der Waals surface area (Å²) in [4.78, 5) is 37.0. The summed E-state index contributed by atoms with van der Waals surface area (Å²) >= 11 is 5.50. The number of benzene rings is 1. The molecule has 0 aromatic heterocycles. The van der Waals surface area contributed by atoms with Crippen LogP contribution in [-0.4, -0.2) is 77.2 Å². The third-order valence-corrected chi connectivity index (χ3v) is 6.67. The molecule has 0 radical (unpaired) electrons. The van der Waals surface area contributed by atoms with E-state index in [-0.39, 0.29) is 23.4 Å². The Kier molecular flexibility index (Phi) is 10.8. The van der Waals surface area contributed by atoms with Crippen molar-refractivity contribution in [1.29, 1.82) is 0 Å². The van der Waals surface area contributed by atoms with Crippen LogP contribution in [0, 0.1) is 10.7 Å². The monoisotopic (exact) mass is 733 g/mol. The third kappa shape index (κ3) is 6.08. The number of anilines is 1. The summed E-state index contributed by atoms with van der Waals surface area (Å²) < 4.78 is 0.965. The van der Waals surface area contributed by atoms with Crippen LogP contribution in [0.5, 0.6) is 0 Å². The molecule has 3 amide bonds. The first-order valence-corrected chi connectivity index (χ1v) is 10.9. The minimum absolute atomic E-state index is 0.0825. The lowest BCUT2D eigenvalue weighted by Crippen LogP contribution is -2.36. The van der Waals surface area contributed by atoms with Gasteiger partial charge >= 0.3 is 0 Å². The van der Waals surface area contributed by atoms with E-state index in [1.165, 1.54) is 7.05 Å². The van der Waals surface area contributed by atoms with Crippen molar-refractivity contribution in [2.75, 3.05) is 32.1 Å². The molecule has 28 heavy (non-hydrogen) atoms. The van der Waals surface area contributed by atoms with Gasteiger partial charge in [0.15, 0.2) is 6.10 Å². The summed E-state index contributed by atoms with van der Waals surface area (Å²) in [5.41, 5.74) is 0.357. The molecule has 0 heterocycles. The molecular formula is C15H18I3N3O7. The van der Waals surface area contributed by atoms with Gasteiger partial charge in [0.25, 0.3) is 17.7 Å². The average Bonchev–Trinajstić information content (AvgIpc) is 2.67. The number of carbonyl (C=O) groups excluding carboxylic acids is 3. The maximum absolute atomic E-state index is 12.7. The first kappa shape index (κ1) is 25.7. The highest BCUT2D eigenvalue weighted by Gasteiger charge is 2.29. The molecule has 1 rings (SSSR count). The number of hydrogen-bond donors (Lipinski definition) is 7. The minimum atomic E-state index is -1.67. The zero-order chi connectivity index (χ0) is 21.6. The Morgan fingerprint density at radius 3 is 1.93 bits per heavy atom. The third-order valence-electron chi connectivity index (χ3n) is 3.43. The highest BCUT2D eigenvalue weighted by Crippen LogP contribution is 2.35. The molecule has 0 spiro atoms. The van der Waals surface area contributed by atoms with Crippen molar-refractivity contribution in [1.82, 2.24) is 10.6 Å². The lowest BCUT2D eigenvalue weighted by atomic mass is 10.1. The van der Waals surface area contributed by atoms with Gasteiger partial charge in [-0.3, -0.25) is 14.4 Å². The second-order valence-electron chi connectivity index (χ2n) is 5.38. The van der Waals surface area contributed by atoms with Crippen molar-refractivity contribution in [2.24, 2.45) is 0 Å². The number of nitrogens with one attached hydrogen (secondary N) is 3. The van der Waals surface area contributed by atoms with Gasteiger partial charge < -0.3 is 36.4 Å². The molecule has 0 saturated heterocycles. The Labute approximate surface area is 201 Å². The van der Waals surface area contributed by atoms with Crippen molar-refractivity contribution in [3.05, 3.63) is 21.8 Å². The molecule has 1 aromatic rings. The van der Waals surface area contributed by atoms with E-state index in [2.05, 4.69) is 16.0 Å². The lowest BCUT2D eigenvalue weighted by Gasteiger charge is -2.20. The smallest absolute Gasteiger partial charge is 0.255 e. The highest BCUT2D eigenvalue weighted by molar-refractivity contribution is 14.1. The molecule has 1 aromatic carbocycles. The Balaban J connectivity index is 3.53. The van der Waals surface area contributed by atoms with Crippen molar-refractivity contribution < 1.29 is 34.8 Å². The Morgan fingerprint density at radius 1 is 0.929 bits per heavy atom. The first-order valence-electron chi connectivity index (χ1n) is 7.70. The van der Waals surface area contributed by atoms with Crippen molar-refractivity contribution in [3.8, 4) is 0 Å². The topological polar surface area (TPSA) is 168 Å². The summed E-state index contributed by atoms with van der Waals surface area (Å²) in [6.07, 6.45) is -2.83. The van der Waals surface area contributed by atoms with Gasteiger partial charge in [0.1, 0.15) is 0 Å². The molecule has 0 fully saturated rings. The predicted octanol–water partition coefficient (Wildman–Crippen LogP) is -0.765. The summed E-state index contributed by atoms with van der Waals surface area (Å²) in [5, 5.41) is 44.1. The molecule has 0 saturated carbocycles. The fraction of sp³-hybridized carbons (Fsp3) is 0.400. The SMILES string of the molecule is CNC(=O)c1c(I)c(NC(=O)C(O)CO)c(I)c(C(=O)NCC(O)CO)c1I. The van der Waals surface area contributed by atoms with Gasteiger partial charge in [0.05, 0.1) is 43.3 Å². The number of carbonyl (C=O) groups is 3. The zero-order valence-electron chi connectivity index (χ0n) is 14.4. The number of aliphatic hydroxyl groups is 4. The Bertz CT molecular complexity index is 776. The summed E-state index contributed by atoms with van der Waals surface area (Å²) in [6, 6.07) is 0. The van der Waals surface area contributed by atoms with Crippen LogP contribution in [0.25, 0.3) is 0 Å². The van der Waals surface area contributed by atoms with Crippen LogP contribution in [0.4, 0.5) is 5.69 Å². The van der Waals surface area contributed by atoms with Gasteiger partial charge in [0.2, 0.25) is 0 Å². The van der Waals surface area contributed by atoms with Gasteiger partial charge in [-0.1, -0.05) is 0 Å². The average molecular weight is 733 g/mol. The van der Waals surface area contributed by atoms with Crippen LogP contribution in [0.2, 0.25) is 0 Å². The van der Waals surface area contributed by atoms with E-state index in [4.69, 9.17) is 10.2 Å². The Hall–Kier alpha value is -0.340. The van der Waals surface area contributed by atoms with Gasteiger partial charge in [-0.15, -0.1) is 0 Å². The largest absolute Gasteiger partial charge is 0.394 e. The van der Waals surface area contributed by atoms with E-state index >= 15 is 0 Å². The van der Waals surface area contributed by atoms with Crippen LogP contribution < -0.4 is 16.0 Å². The van der Waals surface area contributed by atoms with Crippen LogP contribution in [0.1, 0.15) is 20.7 Å². The summed E-state index contributed by atoms with van der Waals surface area (Å²) in [5.74, 6) is -2.02. The number of aliphatic hydroxyl groups excluding tert-OH is 4. The normalized spacial score (nSPS) is 12.9. The van der Waals surface area contributed by atoms with Gasteiger partial charge in [-0.25, -0.2) is 0 Å². The maximum atomic E-state index is 12.7. The van der Waals surface area contributed by atoms with Gasteiger partial charge in [-0.05, 0) is 67.8 Å². The highest BCUT2D eigenvalue weighted by atomic mass is 127. The molecule has 0 aliphatic rings. The minimum Gasteiger partial charge on any atom is -0.394 e. The molecule has 156 valence electrons. The second kappa shape index (κ2) is 11.7. The van der Waals surface area contributed by atoms with Crippen molar-refractivity contribution in [3.63, 3.8) is 0 Å². The number of hydrogen-bond acceptors (Lipinski definition) is 7. The molecular weight excluding hydrogens is 715 g/mol. The van der Waals surface area contributed by atoms with Crippen molar-refractivity contribution in [2.45, 2.75) is 12.2 Å². The molecule has 2 atom stereocenters. The summed E-state index contributed by atoms with van der Waals surface area (Å²) in [7, 11) is 1.41. The molecule has 10 nitrogen and oxygen atoms in total. The molecule has 2 unspecified atom stereocenters. The predicted molar refractivity (Wildman–Crippen MR) is 125 cm³/mol. The van der Waals surface area contributed by atoms with Gasteiger partial charge in [0, 0.05) is 17.2 Å². The fourth-order valence-electron chi connectivity index (χ4n) is 1.95. The van der Waals surface area contributed by atoms with Crippen LogP contribution >= 0.6 is 67.8 Å². The fourth-order valence-corrected chi connectivity index (χ4v) is 6.37. The molecule has 0 aliphatic heterocycles. The number of halogens is 3. The van der Waals surface area contributed by atoms with E-state index in [0.29, 0.717) is 10.7 Å². The maximum Gasteiger partial charge on any atom is 0.255 e. The summed E-state index contributed by atoms with van der Waals surface area (Å²) in [6.45, 7) is -1.54. The second-order valence-corrected chi connectivity index (χ2v) is 8.62. The molecule has 7 N–H and O–H groups in total. The number of amides is 3. The van der Waals surface area contributed by atoms with Gasteiger partial charge in [-0.2, -0.15) is 0 Å². The van der Waals surface area contributed by atoms with Crippen LogP contribution in [0.3, 0.4) is 0 Å². The number of rotatable bonds is 8. The van der Waals surface area contributed by atoms with Crippen LogP contribution in [0.15, 0.2) is 0 Å². The van der Waals surface area contributed by atoms with Crippen molar-refractivity contribution >= 4 is 91.2 Å². The van der Waals surface area contributed by atoms with E-state index in [1.807, 2.05) is 67.8 Å². The van der Waals surface area contributed by atoms with Crippen LogP contribution in [-0.2, 0) is 4.79 Å². The first-order chi connectivity index (χ1) is 13.1. The van der Waals surface area contributed by atoms with E-state index in [1.54, 1.807) is 0 Å². The Morgan fingerprint density at radius 2 is 1.46 bits per heavy atom. The molecule has 0 aliphatic carbocycles. The van der Waals surface area contributed by atoms with E-state index < -0.39 is 43.1 Å². The van der Waals surface area contributed by atoms with E-state index in [0.717, 1.165) is 0 Å². The van der Waals surface area contributed by atoms with E-state index in [9.17, 15) is 24.6 Å².